The van der Waals surface area contributed by atoms with E-state index >= 15 is 0 Å². The lowest BCUT2D eigenvalue weighted by atomic mass is 10.1. The molecule has 8 heteroatoms. The van der Waals surface area contributed by atoms with Crippen LogP contribution in [-0.2, 0) is 17.2 Å². The van der Waals surface area contributed by atoms with Gasteiger partial charge in [-0.25, -0.2) is 13.0 Å². The summed E-state index contributed by atoms with van der Waals surface area (Å²) in [6.07, 6.45) is 2.07. The van der Waals surface area contributed by atoms with E-state index in [1.807, 2.05) is 0 Å². The maximum atomic E-state index is 10.7. The number of pyridine rings is 1. The lowest BCUT2D eigenvalue weighted by molar-refractivity contribution is -0.644. The zero-order chi connectivity index (χ0) is 15.6. The highest BCUT2D eigenvalue weighted by molar-refractivity contribution is 7.86. The fraction of sp³-hybridized carbons (Fsp3) is 0.250. The number of benzene rings is 1. The van der Waals surface area contributed by atoms with Crippen molar-refractivity contribution in [2.75, 3.05) is 0 Å². The smallest absolute Gasteiger partial charge is 0.485 e. The van der Waals surface area contributed by atoms with Crippen LogP contribution in [0.15, 0.2) is 36.5 Å². The molecule has 2 rings (SSSR count). The van der Waals surface area contributed by atoms with Crippen LogP contribution in [0.5, 0.6) is 0 Å². The number of aromatic nitrogens is 1. The maximum absolute atomic E-state index is 10.7. The van der Waals surface area contributed by atoms with E-state index in [1.165, 1.54) is 16.5 Å². The van der Waals surface area contributed by atoms with E-state index in [4.69, 9.17) is 13.0 Å². The molecule has 0 spiro atoms. The molecule has 0 N–H and O–H groups in total. The Morgan fingerprint density at radius 3 is 2.15 bits per heavy atom. The van der Waals surface area contributed by atoms with Crippen molar-refractivity contribution >= 4 is 21.0 Å². The Kier molecular flexibility index (Phi) is 4.72. The van der Waals surface area contributed by atoms with Crippen molar-refractivity contribution in [1.29, 1.82) is 0 Å². The first-order valence-electron chi connectivity index (χ1n) is 5.40. The molecule has 0 radical (unpaired) electrons. The Morgan fingerprint density at radius 2 is 1.70 bits per heavy atom. The summed E-state index contributed by atoms with van der Waals surface area (Å²) in [5, 5.41) is 1.34. The van der Waals surface area contributed by atoms with Crippen molar-refractivity contribution in [3.8, 4) is 0 Å². The van der Waals surface area contributed by atoms with Crippen LogP contribution >= 0.6 is 0 Å². The van der Waals surface area contributed by atoms with E-state index in [1.54, 1.807) is 0 Å². The van der Waals surface area contributed by atoms with E-state index in [-0.39, 0.29) is 0 Å². The average molecular weight is 307 g/mol. The minimum Gasteiger partial charge on any atom is -0.741 e. The van der Waals surface area contributed by atoms with Crippen molar-refractivity contribution in [3.05, 3.63) is 42.1 Å². The van der Waals surface area contributed by atoms with Crippen LogP contribution < -0.4 is 4.57 Å². The Bertz CT molecular complexity index is 670. The van der Waals surface area contributed by atoms with Crippen LogP contribution in [0, 0.1) is 6.92 Å². The average Bonchev–Trinajstić information content (AvgIpc) is 2.29. The predicted octanol–water partition coefficient (Wildman–Crippen LogP) is 2.02. The first-order chi connectivity index (χ1) is 9.04. The van der Waals surface area contributed by atoms with Gasteiger partial charge in [0.15, 0.2) is 16.3 Å². The van der Waals surface area contributed by atoms with Gasteiger partial charge in [0, 0.05) is 17.5 Å². The molecule has 0 saturated carbocycles. The van der Waals surface area contributed by atoms with Crippen molar-refractivity contribution in [2.24, 2.45) is 7.05 Å². The summed E-state index contributed by atoms with van der Waals surface area (Å²) in [6, 6.07) is 10.6. The summed E-state index contributed by atoms with van der Waals surface area (Å²) in [7, 11) is -4.02. The minimum absolute atomic E-state index is 1.29. The normalized spacial score (nSPS) is 11.9. The predicted molar refractivity (Wildman–Crippen MR) is 65.6 cm³/mol. The van der Waals surface area contributed by atoms with Gasteiger partial charge in [-0.3, -0.25) is 0 Å². The zero-order valence-corrected chi connectivity index (χ0v) is 11.5. The second-order valence-corrected chi connectivity index (χ2v) is 5.40. The Hall–Kier alpha value is -1.67. The van der Waals surface area contributed by atoms with Gasteiger partial charge < -0.3 is 4.55 Å². The third kappa shape index (κ3) is 3.91. The van der Waals surface area contributed by atoms with E-state index in [0.717, 1.165) is 0 Å². The molecule has 0 aliphatic heterocycles. The van der Waals surface area contributed by atoms with Crippen LogP contribution in [0.2, 0.25) is 0 Å². The van der Waals surface area contributed by atoms with Gasteiger partial charge in [0.1, 0.15) is 7.05 Å². The van der Waals surface area contributed by atoms with Crippen LogP contribution in [-0.4, -0.2) is 18.5 Å². The van der Waals surface area contributed by atoms with Crippen molar-refractivity contribution in [2.45, 2.75) is 12.4 Å². The molecule has 4 nitrogen and oxygen atoms in total. The molecule has 0 aliphatic rings. The molecule has 1 aromatic heterocycles. The summed E-state index contributed by atoms with van der Waals surface area (Å²) < 4.78 is 61.0. The van der Waals surface area contributed by atoms with Crippen LogP contribution in [0.3, 0.4) is 0 Å². The number of fused-ring (bicyclic) bond motifs is 1. The maximum Gasteiger partial charge on any atom is 0.485 e. The van der Waals surface area contributed by atoms with Gasteiger partial charge in [-0.05, 0) is 18.6 Å². The van der Waals surface area contributed by atoms with E-state index in [2.05, 4.69) is 55.1 Å². The first-order valence-corrected chi connectivity index (χ1v) is 6.81. The fourth-order valence-corrected chi connectivity index (χ4v) is 1.54. The summed E-state index contributed by atoms with van der Waals surface area (Å²) in [4.78, 5) is 0. The third-order valence-corrected chi connectivity index (χ3v) is 3.10. The second kappa shape index (κ2) is 5.76. The molecule has 0 aliphatic carbocycles. The number of nitrogens with zero attached hydrogens (tertiary/aromatic N) is 1. The van der Waals surface area contributed by atoms with E-state index in [0.29, 0.717) is 0 Å². The van der Waals surface area contributed by atoms with Gasteiger partial charge >= 0.3 is 5.51 Å². The third-order valence-electron chi connectivity index (χ3n) is 2.54. The highest BCUT2D eigenvalue weighted by Crippen LogP contribution is 2.20. The topological polar surface area (TPSA) is 61.1 Å². The molecule has 0 unspecified atom stereocenters. The molecule has 0 bridgehead atoms. The number of hydrogen-bond donors (Lipinski definition) is 0. The van der Waals surface area contributed by atoms with Gasteiger partial charge in [0.25, 0.3) is 0 Å². The standard InChI is InChI=1S/C11H12N.CHF3O3S/c1-9-5-3-7-11-10(9)6-4-8-12(11)2;2-1(3,4)8(5,6)7/h3-8H,1-2H3;(H,5,6,7)/q+1;/p-1. The molecule has 0 fully saturated rings. The second-order valence-electron chi connectivity index (χ2n) is 4.03. The van der Waals surface area contributed by atoms with Gasteiger partial charge in [-0.15, -0.1) is 0 Å². The molecule has 1 aromatic carbocycles. The van der Waals surface area contributed by atoms with Crippen molar-refractivity contribution in [1.82, 2.24) is 0 Å². The van der Waals surface area contributed by atoms with Crippen molar-refractivity contribution < 1.29 is 30.7 Å². The van der Waals surface area contributed by atoms with Crippen LogP contribution in [0.4, 0.5) is 13.2 Å². The first kappa shape index (κ1) is 16.4. The van der Waals surface area contributed by atoms with E-state index in [9.17, 15) is 13.2 Å². The number of halogens is 3. The number of hydrogen-bond acceptors (Lipinski definition) is 3. The quantitative estimate of drug-likeness (QED) is 0.425. The molecular formula is C12H12F3NO3S. The molecular weight excluding hydrogens is 295 g/mol. The van der Waals surface area contributed by atoms with E-state index < -0.39 is 15.6 Å². The molecule has 0 saturated heterocycles. The van der Waals surface area contributed by atoms with Gasteiger partial charge in [-0.2, -0.15) is 13.2 Å². The monoisotopic (exact) mass is 307 g/mol. The van der Waals surface area contributed by atoms with Gasteiger partial charge in [0.05, 0.1) is 0 Å². The Labute approximate surface area is 114 Å². The number of rotatable bonds is 0. The highest BCUT2D eigenvalue weighted by atomic mass is 32.2. The lowest BCUT2D eigenvalue weighted by Crippen LogP contribution is -2.27. The minimum atomic E-state index is -6.09. The molecule has 0 amide bonds. The zero-order valence-electron chi connectivity index (χ0n) is 10.7. The Morgan fingerprint density at radius 1 is 1.15 bits per heavy atom. The largest absolute Gasteiger partial charge is 0.741 e. The molecule has 20 heavy (non-hydrogen) atoms. The fourth-order valence-electron chi connectivity index (χ4n) is 1.54. The van der Waals surface area contributed by atoms with Crippen LogP contribution in [0.1, 0.15) is 5.56 Å². The number of alkyl halides is 3. The van der Waals surface area contributed by atoms with Gasteiger partial charge in [-0.1, -0.05) is 12.1 Å². The molecule has 1 heterocycles. The molecule has 110 valence electrons. The summed E-state index contributed by atoms with van der Waals surface area (Å²) in [5.41, 5.74) is -3.02. The molecule has 0 atom stereocenters. The van der Waals surface area contributed by atoms with Gasteiger partial charge in [0.2, 0.25) is 5.52 Å². The summed E-state index contributed by atoms with van der Waals surface area (Å²) in [5.74, 6) is 0. The highest BCUT2D eigenvalue weighted by Gasteiger charge is 2.36. The number of aryl methyl sites for hydroxylation is 2. The van der Waals surface area contributed by atoms with Crippen LogP contribution in [0.25, 0.3) is 10.9 Å². The van der Waals surface area contributed by atoms with Crippen molar-refractivity contribution in [3.63, 3.8) is 0 Å². The summed E-state index contributed by atoms with van der Waals surface area (Å²) in [6.45, 7) is 2.14. The Balaban J connectivity index is 0.000000221. The molecule has 2 aromatic rings. The lowest BCUT2D eigenvalue weighted by Gasteiger charge is -2.08. The SMILES string of the molecule is Cc1cccc2c1ccc[n+]2C.O=S(=O)([O-])C(F)(F)F. The summed E-state index contributed by atoms with van der Waals surface area (Å²) >= 11 is 0.